The van der Waals surface area contributed by atoms with Crippen LogP contribution in [-0.2, 0) is 0 Å². The molecule has 9 heteroatoms. The quantitative estimate of drug-likeness (QED) is 0.368. The first kappa shape index (κ1) is 23.8. The standard InChI is InChI=1S/C28H31FN6O2/c1-34(2)10-5-11-37-28-32-26-23(27(33-28)35-15-18-8-9-19(16-35)31-18)14-30-25(24(26)29)22-13-20(36)12-17-6-3-4-7-21(17)22/h3-4,6-7,12-14,18-19,31,36H,5,8-11,15-16H2,1-2H3/t18-,19+. The van der Waals surface area contributed by atoms with Crippen LogP contribution in [0, 0.1) is 5.82 Å². The molecule has 6 rings (SSSR count). The molecule has 2 aromatic heterocycles. The number of fused-ring (bicyclic) bond motifs is 4. The first-order valence-electron chi connectivity index (χ1n) is 12.8. The third-order valence-electron chi connectivity index (χ3n) is 7.24. The normalized spacial score (nSPS) is 19.3. The molecule has 0 amide bonds. The maximum Gasteiger partial charge on any atom is 0.319 e. The summed E-state index contributed by atoms with van der Waals surface area (Å²) in [6.07, 6.45) is 4.71. The molecule has 0 unspecified atom stereocenters. The molecule has 2 atom stereocenters. The first-order valence-corrected chi connectivity index (χ1v) is 12.8. The van der Waals surface area contributed by atoms with Gasteiger partial charge in [0.2, 0.25) is 0 Å². The van der Waals surface area contributed by atoms with E-state index in [2.05, 4.69) is 25.1 Å². The molecule has 0 spiro atoms. The van der Waals surface area contributed by atoms with Gasteiger partial charge >= 0.3 is 6.01 Å². The number of halogens is 1. The van der Waals surface area contributed by atoms with Crippen LogP contribution in [0.5, 0.6) is 11.8 Å². The maximum absolute atomic E-state index is 16.3. The molecule has 0 saturated carbocycles. The number of rotatable bonds is 7. The Bertz CT molecular complexity index is 1450. The van der Waals surface area contributed by atoms with E-state index in [4.69, 9.17) is 9.72 Å². The molecule has 8 nitrogen and oxygen atoms in total. The maximum atomic E-state index is 16.3. The SMILES string of the molecule is CN(C)CCCOc1nc(N2C[C@H]3CC[C@@H](C2)N3)c2cnc(-c3cc(O)cc4ccccc34)c(F)c2n1. The Hall–Kier alpha value is -3.56. The van der Waals surface area contributed by atoms with Crippen LogP contribution >= 0.6 is 0 Å². The first-order chi connectivity index (χ1) is 18.0. The molecule has 2 bridgehead atoms. The van der Waals surface area contributed by atoms with Crippen LogP contribution in [0.25, 0.3) is 32.9 Å². The fraction of sp³-hybridized carbons (Fsp3) is 0.393. The smallest absolute Gasteiger partial charge is 0.319 e. The van der Waals surface area contributed by atoms with Gasteiger partial charge in [-0.25, -0.2) is 4.39 Å². The zero-order chi connectivity index (χ0) is 25.5. The van der Waals surface area contributed by atoms with Gasteiger partial charge in [-0.05, 0) is 56.3 Å². The summed E-state index contributed by atoms with van der Waals surface area (Å²) >= 11 is 0. The fourth-order valence-corrected chi connectivity index (χ4v) is 5.52. The van der Waals surface area contributed by atoms with Crippen molar-refractivity contribution in [1.29, 1.82) is 0 Å². The minimum atomic E-state index is -0.548. The van der Waals surface area contributed by atoms with Crippen molar-refractivity contribution in [2.75, 3.05) is 45.2 Å². The molecule has 37 heavy (non-hydrogen) atoms. The number of aromatic hydroxyl groups is 1. The number of anilines is 1. The second-order valence-electron chi connectivity index (χ2n) is 10.3. The summed E-state index contributed by atoms with van der Waals surface area (Å²) in [5.41, 5.74) is 0.836. The van der Waals surface area contributed by atoms with Crippen molar-refractivity contribution in [3.05, 3.63) is 48.4 Å². The lowest BCUT2D eigenvalue weighted by Gasteiger charge is -2.34. The van der Waals surface area contributed by atoms with Gasteiger partial charge in [0.25, 0.3) is 0 Å². The highest BCUT2D eigenvalue weighted by Crippen LogP contribution is 2.37. The summed E-state index contributed by atoms with van der Waals surface area (Å²) in [5, 5.41) is 16.1. The molecule has 4 heterocycles. The van der Waals surface area contributed by atoms with Crippen LogP contribution in [0.1, 0.15) is 19.3 Å². The number of hydrogen-bond acceptors (Lipinski definition) is 8. The van der Waals surface area contributed by atoms with Gasteiger partial charge in [0.05, 0.1) is 12.0 Å². The van der Waals surface area contributed by atoms with Crippen LogP contribution in [0.2, 0.25) is 0 Å². The van der Waals surface area contributed by atoms with Crippen molar-refractivity contribution in [2.24, 2.45) is 0 Å². The Morgan fingerprint density at radius 1 is 1.11 bits per heavy atom. The van der Waals surface area contributed by atoms with Crippen LogP contribution in [-0.4, -0.2) is 77.4 Å². The van der Waals surface area contributed by atoms with Crippen LogP contribution in [0.3, 0.4) is 0 Å². The Balaban J connectivity index is 1.46. The molecule has 2 aromatic carbocycles. The summed E-state index contributed by atoms with van der Waals surface area (Å²) < 4.78 is 22.2. The predicted molar refractivity (Wildman–Crippen MR) is 143 cm³/mol. The summed E-state index contributed by atoms with van der Waals surface area (Å²) in [4.78, 5) is 18.1. The topological polar surface area (TPSA) is 86.6 Å². The Kier molecular flexibility index (Phi) is 6.26. The Labute approximate surface area is 215 Å². The fourth-order valence-electron chi connectivity index (χ4n) is 5.52. The van der Waals surface area contributed by atoms with Gasteiger partial charge in [-0.3, -0.25) is 4.98 Å². The molecule has 2 fully saturated rings. The third kappa shape index (κ3) is 4.65. The lowest BCUT2D eigenvalue weighted by atomic mass is 10.0. The number of nitrogens with one attached hydrogen (secondary N) is 1. The van der Waals surface area contributed by atoms with E-state index in [1.165, 1.54) is 0 Å². The van der Waals surface area contributed by atoms with E-state index < -0.39 is 5.82 Å². The third-order valence-corrected chi connectivity index (χ3v) is 7.24. The van der Waals surface area contributed by atoms with E-state index in [0.717, 1.165) is 49.7 Å². The number of phenols is 1. The number of ether oxygens (including phenoxy) is 1. The van der Waals surface area contributed by atoms with E-state index in [9.17, 15) is 5.11 Å². The number of phenolic OH excluding ortho intramolecular Hbond substituents is 1. The van der Waals surface area contributed by atoms with E-state index >= 15 is 4.39 Å². The minimum Gasteiger partial charge on any atom is -0.508 e. The number of nitrogens with zero attached hydrogens (tertiary/aromatic N) is 5. The molecule has 2 aliphatic rings. The molecule has 0 aliphatic carbocycles. The molecule has 2 saturated heterocycles. The molecule has 4 aromatic rings. The lowest BCUT2D eigenvalue weighted by Crippen LogP contribution is -2.51. The zero-order valence-electron chi connectivity index (χ0n) is 21.1. The van der Waals surface area contributed by atoms with Crippen molar-refractivity contribution in [3.8, 4) is 23.0 Å². The van der Waals surface area contributed by atoms with Crippen LogP contribution < -0.4 is 15.0 Å². The number of pyridine rings is 1. The van der Waals surface area contributed by atoms with Crippen molar-refractivity contribution in [2.45, 2.75) is 31.3 Å². The van der Waals surface area contributed by atoms with Crippen molar-refractivity contribution in [3.63, 3.8) is 0 Å². The average molecular weight is 503 g/mol. The van der Waals surface area contributed by atoms with E-state index in [1.54, 1.807) is 18.3 Å². The molecular weight excluding hydrogens is 471 g/mol. The molecule has 192 valence electrons. The van der Waals surface area contributed by atoms with E-state index in [-0.39, 0.29) is 23.0 Å². The predicted octanol–water partition coefficient (Wildman–Crippen LogP) is 3.96. The highest BCUT2D eigenvalue weighted by Gasteiger charge is 2.34. The van der Waals surface area contributed by atoms with Crippen LogP contribution in [0.4, 0.5) is 10.2 Å². The van der Waals surface area contributed by atoms with Gasteiger partial charge in [-0.15, -0.1) is 0 Å². The average Bonchev–Trinajstić information content (AvgIpc) is 3.23. The van der Waals surface area contributed by atoms with Gasteiger partial charge in [0, 0.05) is 43.5 Å². The largest absolute Gasteiger partial charge is 0.508 e. The monoisotopic (exact) mass is 502 g/mol. The van der Waals surface area contributed by atoms with Gasteiger partial charge < -0.3 is 25.0 Å². The molecule has 2 aliphatic heterocycles. The molecule has 0 radical (unpaired) electrons. The molecule has 2 N–H and O–H groups in total. The van der Waals surface area contributed by atoms with Gasteiger partial charge in [0.15, 0.2) is 5.82 Å². The number of piperazine rings is 1. The van der Waals surface area contributed by atoms with E-state index in [1.807, 2.05) is 38.4 Å². The second-order valence-corrected chi connectivity index (χ2v) is 10.3. The van der Waals surface area contributed by atoms with Crippen molar-refractivity contribution in [1.82, 2.24) is 25.2 Å². The summed E-state index contributed by atoms with van der Waals surface area (Å²) in [5.74, 6) is 0.164. The Morgan fingerprint density at radius 2 is 1.89 bits per heavy atom. The van der Waals surface area contributed by atoms with Crippen molar-refractivity contribution < 1.29 is 14.2 Å². The lowest BCUT2D eigenvalue weighted by molar-refractivity contribution is 0.264. The van der Waals surface area contributed by atoms with E-state index in [0.29, 0.717) is 35.5 Å². The zero-order valence-corrected chi connectivity index (χ0v) is 21.1. The number of aromatic nitrogens is 3. The summed E-state index contributed by atoms with van der Waals surface area (Å²) in [6.45, 7) is 2.90. The van der Waals surface area contributed by atoms with Crippen LogP contribution in [0.15, 0.2) is 42.6 Å². The molecular formula is C28H31FN6O2. The minimum absolute atomic E-state index is 0.0552. The van der Waals surface area contributed by atoms with Gasteiger partial charge in [0.1, 0.15) is 22.8 Å². The highest BCUT2D eigenvalue weighted by molar-refractivity contribution is 5.99. The summed E-state index contributed by atoms with van der Waals surface area (Å²) in [7, 11) is 4.02. The Morgan fingerprint density at radius 3 is 2.68 bits per heavy atom. The number of hydrogen-bond donors (Lipinski definition) is 2. The van der Waals surface area contributed by atoms with Gasteiger partial charge in [-0.1, -0.05) is 24.3 Å². The second kappa shape index (κ2) is 9.72. The van der Waals surface area contributed by atoms with Gasteiger partial charge in [-0.2, -0.15) is 9.97 Å². The highest BCUT2D eigenvalue weighted by atomic mass is 19.1. The summed E-state index contributed by atoms with van der Waals surface area (Å²) in [6, 6.07) is 11.7. The van der Waals surface area contributed by atoms with Crippen molar-refractivity contribution >= 4 is 27.5 Å². The number of benzene rings is 2.